The molecule has 1 aliphatic rings. The highest BCUT2D eigenvalue weighted by atomic mass is 15.3. The van der Waals surface area contributed by atoms with Gasteiger partial charge in [-0.15, -0.1) is 0 Å². The summed E-state index contributed by atoms with van der Waals surface area (Å²) in [5, 5.41) is 4.68. The molecule has 94 valence electrons. The molecule has 1 aliphatic carbocycles. The Bertz CT molecular complexity index is 540. The van der Waals surface area contributed by atoms with E-state index in [-0.39, 0.29) is 6.04 Å². The van der Waals surface area contributed by atoms with Gasteiger partial charge in [-0.25, -0.2) is 4.68 Å². The first-order valence-electron chi connectivity index (χ1n) is 6.70. The van der Waals surface area contributed by atoms with Gasteiger partial charge in [0.25, 0.3) is 0 Å². The molecule has 0 saturated heterocycles. The van der Waals surface area contributed by atoms with Crippen LogP contribution in [0.1, 0.15) is 49.4 Å². The van der Waals surface area contributed by atoms with E-state index >= 15 is 0 Å². The molecule has 3 rings (SSSR count). The van der Waals surface area contributed by atoms with Crippen LogP contribution in [0.4, 0.5) is 0 Å². The topological polar surface area (TPSA) is 43.8 Å². The highest BCUT2D eigenvalue weighted by molar-refractivity contribution is 5.42. The SMILES string of the molecule is CC[C@H](N)c1ccccc1-n1ccc(C2CC2)n1. The van der Waals surface area contributed by atoms with Crippen molar-refractivity contribution in [3.63, 3.8) is 0 Å². The number of para-hydroxylation sites is 1. The molecule has 1 atom stereocenters. The fourth-order valence-corrected chi connectivity index (χ4v) is 2.30. The number of nitrogens with zero attached hydrogens (tertiary/aromatic N) is 2. The molecule has 1 saturated carbocycles. The van der Waals surface area contributed by atoms with Crippen LogP contribution >= 0.6 is 0 Å². The quantitative estimate of drug-likeness (QED) is 0.893. The molecule has 0 unspecified atom stereocenters. The van der Waals surface area contributed by atoms with E-state index in [4.69, 9.17) is 5.73 Å². The fraction of sp³-hybridized carbons (Fsp3) is 0.400. The average molecular weight is 241 g/mol. The summed E-state index contributed by atoms with van der Waals surface area (Å²) in [5.41, 5.74) is 9.67. The van der Waals surface area contributed by atoms with E-state index in [1.165, 1.54) is 24.1 Å². The maximum Gasteiger partial charge on any atom is 0.0693 e. The van der Waals surface area contributed by atoms with Gasteiger partial charge in [-0.2, -0.15) is 5.10 Å². The molecular formula is C15H19N3. The van der Waals surface area contributed by atoms with Crippen LogP contribution in [0.5, 0.6) is 0 Å². The second kappa shape index (κ2) is 4.58. The maximum absolute atomic E-state index is 6.17. The molecule has 3 nitrogen and oxygen atoms in total. The Kier molecular flexibility index (Phi) is 2.92. The van der Waals surface area contributed by atoms with Gasteiger partial charge in [0, 0.05) is 18.2 Å². The summed E-state index contributed by atoms with van der Waals surface area (Å²) in [4.78, 5) is 0. The number of nitrogens with two attached hydrogens (primary N) is 1. The summed E-state index contributed by atoms with van der Waals surface area (Å²) < 4.78 is 1.97. The number of aromatic nitrogens is 2. The first-order valence-corrected chi connectivity index (χ1v) is 6.70. The first kappa shape index (κ1) is 11.5. The lowest BCUT2D eigenvalue weighted by Gasteiger charge is -2.14. The maximum atomic E-state index is 6.17. The lowest BCUT2D eigenvalue weighted by molar-refractivity contribution is 0.685. The van der Waals surface area contributed by atoms with Crippen molar-refractivity contribution in [1.82, 2.24) is 9.78 Å². The van der Waals surface area contributed by atoms with Gasteiger partial charge in [-0.05, 0) is 37.0 Å². The van der Waals surface area contributed by atoms with Crippen molar-refractivity contribution in [2.24, 2.45) is 5.73 Å². The lowest BCUT2D eigenvalue weighted by Crippen LogP contribution is -2.12. The molecule has 1 aromatic carbocycles. The van der Waals surface area contributed by atoms with Gasteiger partial charge in [0.15, 0.2) is 0 Å². The molecule has 1 fully saturated rings. The predicted molar refractivity (Wildman–Crippen MR) is 72.8 cm³/mol. The summed E-state index contributed by atoms with van der Waals surface area (Å²) in [7, 11) is 0. The Morgan fingerprint density at radius 2 is 2.11 bits per heavy atom. The van der Waals surface area contributed by atoms with Crippen molar-refractivity contribution in [1.29, 1.82) is 0 Å². The summed E-state index contributed by atoms with van der Waals surface area (Å²) in [6.07, 6.45) is 5.56. The number of benzene rings is 1. The standard InChI is InChI=1S/C15H19N3/c1-2-13(16)12-5-3-4-6-15(12)18-10-9-14(17-18)11-7-8-11/h3-6,9-11,13H,2,7-8,16H2,1H3/t13-/m0/s1. The smallest absolute Gasteiger partial charge is 0.0693 e. The number of hydrogen-bond donors (Lipinski definition) is 1. The van der Waals surface area contributed by atoms with E-state index in [0.29, 0.717) is 5.92 Å². The number of hydrogen-bond acceptors (Lipinski definition) is 2. The zero-order valence-electron chi connectivity index (χ0n) is 10.7. The van der Waals surface area contributed by atoms with Crippen LogP contribution in [0.3, 0.4) is 0 Å². The molecule has 0 amide bonds. The highest BCUT2D eigenvalue weighted by Crippen LogP contribution is 2.39. The normalized spacial score (nSPS) is 16.8. The third kappa shape index (κ3) is 2.06. The summed E-state index contributed by atoms with van der Waals surface area (Å²) in [6, 6.07) is 10.5. The zero-order valence-corrected chi connectivity index (χ0v) is 10.7. The van der Waals surface area contributed by atoms with E-state index in [9.17, 15) is 0 Å². The van der Waals surface area contributed by atoms with Crippen molar-refractivity contribution in [3.8, 4) is 5.69 Å². The molecule has 0 bridgehead atoms. The molecule has 0 radical (unpaired) electrons. The molecule has 0 aliphatic heterocycles. The van der Waals surface area contributed by atoms with E-state index < -0.39 is 0 Å². The average Bonchev–Trinajstić information content (AvgIpc) is 3.16. The van der Waals surface area contributed by atoms with Gasteiger partial charge in [0.05, 0.1) is 11.4 Å². The predicted octanol–water partition coefficient (Wildman–Crippen LogP) is 3.16. The lowest BCUT2D eigenvalue weighted by atomic mass is 10.0. The van der Waals surface area contributed by atoms with Crippen molar-refractivity contribution in [2.45, 2.75) is 38.1 Å². The van der Waals surface area contributed by atoms with Crippen molar-refractivity contribution in [2.75, 3.05) is 0 Å². The Morgan fingerprint density at radius 1 is 1.33 bits per heavy atom. The van der Waals surface area contributed by atoms with Gasteiger partial charge >= 0.3 is 0 Å². The molecule has 3 heteroatoms. The molecule has 2 aromatic rings. The zero-order chi connectivity index (χ0) is 12.5. The van der Waals surface area contributed by atoms with Gasteiger partial charge in [0.1, 0.15) is 0 Å². The van der Waals surface area contributed by atoms with E-state index in [2.05, 4.69) is 36.4 Å². The minimum absolute atomic E-state index is 0.0785. The summed E-state index contributed by atoms with van der Waals surface area (Å²) >= 11 is 0. The first-order chi connectivity index (χ1) is 8.79. The Balaban J connectivity index is 1.98. The Morgan fingerprint density at radius 3 is 2.83 bits per heavy atom. The molecule has 1 aromatic heterocycles. The van der Waals surface area contributed by atoms with Crippen LogP contribution in [-0.2, 0) is 0 Å². The van der Waals surface area contributed by atoms with E-state index in [1.54, 1.807) is 0 Å². The van der Waals surface area contributed by atoms with Gasteiger partial charge in [-0.3, -0.25) is 0 Å². The minimum atomic E-state index is 0.0785. The van der Waals surface area contributed by atoms with Crippen molar-refractivity contribution in [3.05, 3.63) is 47.8 Å². The molecule has 2 N–H and O–H groups in total. The Labute approximate surface area is 108 Å². The molecule has 1 heterocycles. The van der Waals surface area contributed by atoms with Crippen molar-refractivity contribution < 1.29 is 0 Å². The van der Waals surface area contributed by atoms with E-state index in [0.717, 1.165) is 12.1 Å². The monoisotopic (exact) mass is 241 g/mol. The third-order valence-corrected chi connectivity index (χ3v) is 3.63. The van der Waals surface area contributed by atoms with Crippen LogP contribution in [-0.4, -0.2) is 9.78 Å². The Hall–Kier alpha value is -1.61. The molecule has 18 heavy (non-hydrogen) atoms. The minimum Gasteiger partial charge on any atom is -0.324 e. The second-order valence-electron chi connectivity index (χ2n) is 5.03. The van der Waals surface area contributed by atoms with Crippen LogP contribution < -0.4 is 5.73 Å². The van der Waals surface area contributed by atoms with Crippen LogP contribution in [0.25, 0.3) is 5.69 Å². The second-order valence-corrected chi connectivity index (χ2v) is 5.03. The fourth-order valence-electron chi connectivity index (χ4n) is 2.30. The van der Waals surface area contributed by atoms with Gasteiger partial charge < -0.3 is 5.73 Å². The van der Waals surface area contributed by atoms with Gasteiger partial charge in [0.2, 0.25) is 0 Å². The summed E-state index contributed by atoms with van der Waals surface area (Å²) in [5.74, 6) is 0.693. The van der Waals surface area contributed by atoms with Crippen LogP contribution in [0, 0.1) is 0 Å². The summed E-state index contributed by atoms with van der Waals surface area (Å²) in [6.45, 7) is 2.11. The van der Waals surface area contributed by atoms with Crippen molar-refractivity contribution >= 4 is 0 Å². The van der Waals surface area contributed by atoms with Crippen LogP contribution in [0.2, 0.25) is 0 Å². The van der Waals surface area contributed by atoms with Gasteiger partial charge in [-0.1, -0.05) is 25.1 Å². The number of rotatable bonds is 4. The third-order valence-electron chi connectivity index (χ3n) is 3.63. The molecular weight excluding hydrogens is 222 g/mol. The molecule has 0 spiro atoms. The highest BCUT2D eigenvalue weighted by Gasteiger charge is 2.26. The largest absolute Gasteiger partial charge is 0.324 e. The van der Waals surface area contributed by atoms with Crippen LogP contribution in [0.15, 0.2) is 36.5 Å². The van der Waals surface area contributed by atoms with E-state index in [1.807, 2.05) is 16.8 Å².